The lowest BCUT2D eigenvalue weighted by molar-refractivity contribution is 0.148. The van der Waals surface area contributed by atoms with Crippen molar-refractivity contribution in [1.82, 2.24) is 20.3 Å². The lowest BCUT2D eigenvalue weighted by Gasteiger charge is -2.22. The number of ether oxygens (including phenoxy) is 1. The molecule has 0 aliphatic carbocycles. The summed E-state index contributed by atoms with van der Waals surface area (Å²) in [5.74, 6) is 0.492. The highest BCUT2D eigenvalue weighted by Gasteiger charge is 2.21. The van der Waals surface area contributed by atoms with E-state index in [0.717, 1.165) is 36.3 Å². The van der Waals surface area contributed by atoms with Crippen LogP contribution in [0.4, 0.5) is 0 Å². The van der Waals surface area contributed by atoms with E-state index in [0.29, 0.717) is 5.92 Å². The highest BCUT2D eigenvalue weighted by atomic mass is 79.9. The Hall–Kier alpha value is -0.460. The minimum Gasteiger partial charge on any atom is -0.384 e. The largest absolute Gasteiger partial charge is 0.384 e. The first-order valence-electron chi connectivity index (χ1n) is 6.37. The van der Waals surface area contributed by atoms with Crippen LogP contribution in [-0.2, 0) is 11.8 Å². The SMILES string of the molecule is CCCNC(CC(C)COC)c1c(Br)nnn1C. The molecule has 0 spiro atoms. The molecule has 0 aliphatic rings. The third-order valence-electron chi connectivity index (χ3n) is 2.89. The minimum absolute atomic E-state index is 0.254. The van der Waals surface area contributed by atoms with Crippen molar-refractivity contribution in [2.45, 2.75) is 32.7 Å². The highest BCUT2D eigenvalue weighted by molar-refractivity contribution is 9.10. The van der Waals surface area contributed by atoms with E-state index in [-0.39, 0.29) is 6.04 Å². The van der Waals surface area contributed by atoms with Crippen LogP contribution in [-0.4, -0.2) is 35.3 Å². The molecule has 0 bridgehead atoms. The van der Waals surface area contributed by atoms with Gasteiger partial charge in [-0.2, -0.15) is 0 Å². The lowest BCUT2D eigenvalue weighted by Crippen LogP contribution is -2.27. The van der Waals surface area contributed by atoms with Crippen LogP contribution >= 0.6 is 15.9 Å². The zero-order valence-corrected chi connectivity index (χ0v) is 13.2. The molecule has 0 fully saturated rings. The van der Waals surface area contributed by atoms with Gasteiger partial charge in [0.15, 0.2) is 4.60 Å². The van der Waals surface area contributed by atoms with Gasteiger partial charge in [-0.05, 0) is 41.2 Å². The topological polar surface area (TPSA) is 52.0 Å². The van der Waals surface area contributed by atoms with Gasteiger partial charge in [0, 0.05) is 20.8 Å². The summed E-state index contributed by atoms with van der Waals surface area (Å²) in [5.41, 5.74) is 1.10. The Bertz CT molecular complexity index is 336. The van der Waals surface area contributed by atoms with E-state index in [1.165, 1.54) is 0 Å². The molecule has 104 valence electrons. The Kier molecular flexibility index (Phi) is 6.81. The molecule has 0 radical (unpaired) electrons. The highest BCUT2D eigenvalue weighted by Crippen LogP contribution is 2.26. The summed E-state index contributed by atoms with van der Waals surface area (Å²) in [6.45, 7) is 6.12. The number of rotatable bonds is 8. The molecule has 1 aromatic rings. The number of aromatic nitrogens is 3. The monoisotopic (exact) mass is 318 g/mol. The molecule has 2 unspecified atom stereocenters. The molecule has 0 saturated carbocycles. The predicted octanol–water partition coefficient (Wildman–Crippen LogP) is 2.29. The quantitative estimate of drug-likeness (QED) is 0.799. The number of nitrogens with one attached hydrogen (secondary N) is 1. The molecule has 0 amide bonds. The molecular formula is C12H23BrN4O. The minimum atomic E-state index is 0.254. The van der Waals surface area contributed by atoms with E-state index in [1.54, 1.807) is 7.11 Å². The molecule has 1 aromatic heterocycles. The number of methoxy groups -OCH3 is 1. The molecule has 0 aliphatic heterocycles. The fourth-order valence-electron chi connectivity index (χ4n) is 2.07. The van der Waals surface area contributed by atoms with Crippen LogP contribution in [0.25, 0.3) is 0 Å². The second-order valence-corrected chi connectivity index (χ2v) is 5.44. The van der Waals surface area contributed by atoms with Gasteiger partial charge >= 0.3 is 0 Å². The maximum atomic E-state index is 5.21. The van der Waals surface area contributed by atoms with Crippen LogP contribution < -0.4 is 5.32 Å². The lowest BCUT2D eigenvalue weighted by atomic mass is 10.00. The van der Waals surface area contributed by atoms with E-state index in [1.807, 2.05) is 11.7 Å². The van der Waals surface area contributed by atoms with Crippen molar-refractivity contribution in [3.05, 3.63) is 10.3 Å². The Morgan fingerprint density at radius 3 is 2.72 bits per heavy atom. The molecule has 6 heteroatoms. The smallest absolute Gasteiger partial charge is 0.153 e. The third kappa shape index (κ3) is 4.33. The van der Waals surface area contributed by atoms with Crippen molar-refractivity contribution >= 4 is 15.9 Å². The Balaban J connectivity index is 2.77. The summed E-state index contributed by atoms with van der Waals surface area (Å²) in [7, 11) is 3.67. The molecule has 0 saturated heterocycles. The van der Waals surface area contributed by atoms with Crippen LogP contribution in [0.15, 0.2) is 4.60 Å². The van der Waals surface area contributed by atoms with Gasteiger partial charge in [-0.15, -0.1) is 5.10 Å². The van der Waals surface area contributed by atoms with Crippen LogP contribution in [0.5, 0.6) is 0 Å². The fourth-order valence-corrected chi connectivity index (χ4v) is 2.68. The van der Waals surface area contributed by atoms with Crippen molar-refractivity contribution < 1.29 is 4.74 Å². The van der Waals surface area contributed by atoms with Gasteiger partial charge in [-0.3, -0.25) is 0 Å². The summed E-state index contributed by atoms with van der Waals surface area (Å²) < 4.78 is 7.86. The van der Waals surface area contributed by atoms with Crippen molar-refractivity contribution in [1.29, 1.82) is 0 Å². The standard InChI is InChI=1S/C12H23BrN4O/c1-5-6-14-10(7-9(2)8-18-4)11-12(13)15-16-17(11)3/h9-10,14H,5-8H2,1-4H3. The number of hydrogen-bond donors (Lipinski definition) is 1. The average molecular weight is 319 g/mol. The van der Waals surface area contributed by atoms with Crippen LogP contribution in [0.3, 0.4) is 0 Å². The molecular weight excluding hydrogens is 296 g/mol. The van der Waals surface area contributed by atoms with Gasteiger partial charge in [0.05, 0.1) is 11.7 Å². The Morgan fingerprint density at radius 1 is 1.50 bits per heavy atom. The second-order valence-electron chi connectivity index (χ2n) is 4.69. The first-order chi connectivity index (χ1) is 8.60. The zero-order valence-electron chi connectivity index (χ0n) is 11.6. The normalized spacial score (nSPS) is 14.7. The average Bonchev–Trinajstić information content (AvgIpc) is 2.65. The van der Waals surface area contributed by atoms with E-state index >= 15 is 0 Å². The van der Waals surface area contributed by atoms with Crippen molar-refractivity contribution in [2.24, 2.45) is 13.0 Å². The molecule has 18 heavy (non-hydrogen) atoms. The maximum absolute atomic E-state index is 5.21. The van der Waals surface area contributed by atoms with Gasteiger partial charge in [0.1, 0.15) is 0 Å². The van der Waals surface area contributed by atoms with Crippen molar-refractivity contribution in [3.8, 4) is 0 Å². The molecule has 1 rings (SSSR count). The Morgan fingerprint density at radius 2 is 2.22 bits per heavy atom. The van der Waals surface area contributed by atoms with Gasteiger partial charge in [-0.1, -0.05) is 19.1 Å². The first kappa shape index (κ1) is 15.6. The van der Waals surface area contributed by atoms with Gasteiger partial charge < -0.3 is 10.1 Å². The van der Waals surface area contributed by atoms with Crippen LogP contribution in [0.2, 0.25) is 0 Å². The second kappa shape index (κ2) is 7.86. The fraction of sp³-hybridized carbons (Fsp3) is 0.833. The van der Waals surface area contributed by atoms with Crippen LogP contribution in [0.1, 0.15) is 38.4 Å². The van der Waals surface area contributed by atoms with Gasteiger partial charge in [0.2, 0.25) is 0 Å². The van der Waals surface area contributed by atoms with Gasteiger partial charge in [-0.25, -0.2) is 4.68 Å². The molecule has 2 atom stereocenters. The molecule has 1 N–H and O–H groups in total. The number of halogens is 1. The van der Waals surface area contributed by atoms with Crippen molar-refractivity contribution in [2.75, 3.05) is 20.3 Å². The number of aryl methyl sites for hydroxylation is 1. The Labute approximate surface area is 117 Å². The van der Waals surface area contributed by atoms with E-state index in [2.05, 4.69) is 45.4 Å². The van der Waals surface area contributed by atoms with Crippen LogP contribution in [0, 0.1) is 5.92 Å². The third-order valence-corrected chi connectivity index (χ3v) is 3.45. The molecule has 5 nitrogen and oxygen atoms in total. The summed E-state index contributed by atoms with van der Waals surface area (Å²) in [6, 6.07) is 0.254. The zero-order chi connectivity index (χ0) is 13.5. The molecule has 0 aromatic carbocycles. The number of hydrogen-bond acceptors (Lipinski definition) is 4. The maximum Gasteiger partial charge on any atom is 0.153 e. The summed E-state index contributed by atoms with van der Waals surface area (Å²) >= 11 is 3.47. The molecule has 1 heterocycles. The summed E-state index contributed by atoms with van der Waals surface area (Å²) in [6.07, 6.45) is 2.12. The van der Waals surface area contributed by atoms with E-state index in [4.69, 9.17) is 4.74 Å². The van der Waals surface area contributed by atoms with Crippen molar-refractivity contribution in [3.63, 3.8) is 0 Å². The summed E-state index contributed by atoms with van der Waals surface area (Å²) in [4.78, 5) is 0. The first-order valence-corrected chi connectivity index (χ1v) is 7.16. The predicted molar refractivity (Wildman–Crippen MR) is 75.4 cm³/mol. The van der Waals surface area contributed by atoms with E-state index in [9.17, 15) is 0 Å². The summed E-state index contributed by atoms with van der Waals surface area (Å²) in [5, 5.41) is 11.7. The van der Waals surface area contributed by atoms with Gasteiger partial charge in [0.25, 0.3) is 0 Å². The number of nitrogens with zero attached hydrogens (tertiary/aromatic N) is 3. The van der Waals surface area contributed by atoms with E-state index < -0.39 is 0 Å².